The van der Waals surface area contributed by atoms with Crippen molar-refractivity contribution in [3.8, 4) is 5.75 Å². The van der Waals surface area contributed by atoms with Crippen molar-refractivity contribution in [1.82, 2.24) is 10.2 Å². The molecule has 2 amide bonds. The van der Waals surface area contributed by atoms with Crippen LogP contribution in [0.3, 0.4) is 0 Å². The molecule has 0 bridgehead atoms. The van der Waals surface area contributed by atoms with E-state index < -0.39 is 0 Å². The van der Waals surface area contributed by atoms with Crippen LogP contribution in [0.25, 0.3) is 0 Å². The average molecular weight is 370 g/mol. The highest BCUT2D eigenvalue weighted by molar-refractivity contribution is 5.78. The quantitative estimate of drug-likeness (QED) is 0.711. The van der Waals surface area contributed by atoms with Gasteiger partial charge < -0.3 is 15.0 Å². The number of ether oxygens (including phenoxy) is 1. The topological polar surface area (TPSA) is 58.6 Å². The highest BCUT2D eigenvalue weighted by Gasteiger charge is 2.22. The van der Waals surface area contributed by atoms with Crippen molar-refractivity contribution in [2.24, 2.45) is 5.92 Å². The minimum atomic E-state index is -0.110. The monoisotopic (exact) mass is 370 g/mol. The van der Waals surface area contributed by atoms with E-state index in [1.807, 2.05) is 36.1 Å². The summed E-state index contributed by atoms with van der Waals surface area (Å²) in [6.45, 7) is 3.75. The van der Waals surface area contributed by atoms with Gasteiger partial charge in [-0.25, -0.2) is 0 Å². The number of para-hydroxylation sites is 1. The van der Waals surface area contributed by atoms with Gasteiger partial charge in [0.15, 0.2) is 6.61 Å². The zero-order valence-corrected chi connectivity index (χ0v) is 16.2. The van der Waals surface area contributed by atoms with Crippen LogP contribution in [0.5, 0.6) is 5.75 Å². The lowest BCUT2D eigenvalue weighted by molar-refractivity contribution is -0.132. The van der Waals surface area contributed by atoms with Crippen molar-refractivity contribution in [2.45, 2.75) is 51.5 Å². The first-order valence-corrected chi connectivity index (χ1v) is 10.1. The van der Waals surface area contributed by atoms with Gasteiger partial charge in [0.1, 0.15) is 5.75 Å². The van der Waals surface area contributed by atoms with Crippen LogP contribution >= 0.6 is 0 Å². The number of carbonyl (C=O) groups is 2. The van der Waals surface area contributed by atoms with E-state index in [0.717, 1.165) is 50.8 Å². The second kappa shape index (κ2) is 9.58. The van der Waals surface area contributed by atoms with Gasteiger partial charge in [-0.3, -0.25) is 9.59 Å². The van der Waals surface area contributed by atoms with Crippen LogP contribution in [0.2, 0.25) is 0 Å². The Bertz CT molecular complexity index is 680. The van der Waals surface area contributed by atoms with E-state index in [9.17, 15) is 9.59 Å². The first-order chi connectivity index (χ1) is 13.2. The maximum atomic E-state index is 12.4. The van der Waals surface area contributed by atoms with Gasteiger partial charge in [-0.05, 0) is 44.1 Å². The molecule has 1 saturated heterocycles. The van der Waals surface area contributed by atoms with Gasteiger partial charge in [-0.2, -0.15) is 0 Å². The largest absolute Gasteiger partial charge is 0.483 e. The Hall–Kier alpha value is -2.30. The molecule has 5 nitrogen and oxygen atoms in total. The molecular weight excluding hydrogens is 340 g/mol. The molecule has 0 unspecified atom stereocenters. The number of nitrogens with one attached hydrogen (secondary N) is 1. The van der Waals surface area contributed by atoms with Crippen LogP contribution < -0.4 is 10.1 Å². The van der Waals surface area contributed by atoms with Crippen molar-refractivity contribution >= 4 is 11.8 Å². The summed E-state index contributed by atoms with van der Waals surface area (Å²) in [5, 5.41) is 3.14. The number of amides is 2. The van der Waals surface area contributed by atoms with Crippen LogP contribution in [0, 0.1) is 5.92 Å². The van der Waals surface area contributed by atoms with Gasteiger partial charge in [0, 0.05) is 25.1 Å². The van der Waals surface area contributed by atoms with Crippen LogP contribution in [-0.4, -0.2) is 36.4 Å². The van der Waals surface area contributed by atoms with Crippen LogP contribution in [0.1, 0.15) is 57.1 Å². The molecule has 27 heavy (non-hydrogen) atoms. The average Bonchev–Trinajstić information content (AvgIpc) is 3.38. The molecule has 0 spiro atoms. The Kier molecular flexibility index (Phi) is 6.91. The fourth-order valence-corrected chi connectivity index (χ4v) is 3.85. The molecule has 5 heteroatoms. The summed E-state index contributed by atoms with van der Waals surface area (Å²) in [5.41, 5.74) is 0.935. The van der Waals surface area contributed by atoms with Crippen molar-refractivity contribution in [1.29, 1.82) is 0 Å². The third-order valence-electron chi connectivity index (χ3n) is 5.41. The third-order valence-corrected chi connectivity index (χ3v) is 5.41. The second-order valence-corrected chi connectivity index (χ2v) is 7.41. The molecule has 3 rings (SSSR count). The number of nitrogens with zero attached hydrogens (tertiary/aromatic N) is 1. The molecule has 0 saturated carbocycles. The fraction of sp³-hybridized carbons (Fsp3) is 0.545. The molecule has 1 aliphatic heterocycles. The zero-order chi connectivity index (χ0) is 19.1. The smallest absolute Gasteiger partial charge is 0.260 e. The van der Waals surface area contributed by atoms with E-state index >= 15 is 0 Å². The van der Waals surface area contributed by atoms with E-state index in [1.165, 1.54) is 0 Å². The van der Waals surface area contributed by atoms with Crippen molar-refractivity contribution in [3.63, 3.8) is 0 Å². The lowest BCUT2D eigenvalue weighted by Gasteiger charge is -2.22. The van der Waals surface area contributed by atoms with Crippen LogP contribution in [-0.2, 0) is 9.59 Å². The van der Waals surface area contributed by atoms with Gasteiger partial charge >= 0.3 is 0 Å². The van der Waals surface area contributed by atoms with Crippen LogP contribution in [0.15, 0.2) is 36.4 Å². The van der Waals surface area contributed by atoms with Gasteiger partial charge in [0.05, 0.1) is 6.04 Å². The maximum Gasteiger partial charge on any atom is 0.260 e. The molecule has 1 N–H and O–H groups in total. The molecular formula is C22H30N2O3. The van der Waals surface area contributed by atoms with Gasteiger partial charge in [0.25, 0.3) is 5.91 Å². The lowest BCUT2D eigenvalue weighted by atomic mass is 10.0. The summed E-state index contributed by atoms with van der Waals surface area (Å²) in [5.74, 6) is 1.14. The van der Waals surface area contributed by atoms with Gasteiger partial charge in [-0.15, -0.1) is 0 Å². The number of carbonyl (C=O) groups excluding carboxylic acids is 2. The Labute approximate surface area is 161 Å². The lowest BCUT2D eigenvalue weighted by Crippen LogP contribution is -2.33. The number of likely N-dealkylation sites (tertiary alicyclic amines) is 1. The highest BCUT2D eigenvalue weighted by atomic mass is 16.5. The molecule has 2 aliphatic rings. The van der Waals surface area contributed by atoms with E-state index in [4.69, 9.17) is 4.74 Å². The number of hydrogen-bond acceptors (Lipinski definition) is 3. The zero-order valence-electron chi connectivity index (χ0n) is 16.2. The Balaban J connectivity index is 1.60. The van der Waals surface area contributed by atoms with Crippen molar-refractivity contribution in [2.75, 3.05) is 19.7 Å². The summed E-state index contributed by atoms with van der Waals surface area (Å²) < 4.78 is 5.86. The fourth-order valence-electron chi connectivity index (χ4n) is 3.85. The Morgan fingerprint density at radius 2 is 2.04 bits per heavy atom. The SMILES string of the molecule is CC[C@@H](NC(=O)C[C@H]1C=CCC1)c1ccccc1OCC(=O)N1CCCC1. The molecule has 1 aliphatic carbocycles. The molecule has 1 aromatic rings. The van der Waals surface area contributed by atoms with E-state index in [0.29, 0.717) is 18.1 Å². The normalized spacial score (nSPS) is 19.9. The first kappa shape index (κ1) is 19.5. The van der Waals surface area contributed by atoms with E-state index in [1.54, 1.807) is 0 Å². The summed E-state index contributed by atoms with van der Waals surface area (Å²) in [6, 6.07) is 7.58. The minimum Gasteiger partial charge on any atom is -0.483 e. The van der Waals surface area contributed by atoms with E-state index in [-0.39, 0.29) is 24.5 Å². The summed E-state index contributed by atoms with van der Waals surface area (Å²) in [4.78, 5) is 26.6. The number of rotatable bonds is 8. The second-order valence-electron chi connectivity index (χ2n) is 7.41. The Morgan fingerprint density at radius 1 is 1.26 bits per heavy atom. The highest BCUT2D eigenvalue weighted by Crippen LogP contribution is 2.28. The molecule has 0 aromatic heterocycles. The third kappa shape index (κ3) is 5.34. The first-order valence-electron chi connectivity index (χ1n) is 10.1. The minimum absolute atomic E-state index is 0.0346. The molecule has 1 heterocycles. The summed E-state index contributed by atoms with van der Waals surface area (Å²) in [7, 11) is 0. The van der Waals surface area contributed by atoms with Crippen LogP contribution in [0.4, 0.5) is 0 Å². The van der Waals surface area contributed by atoms with Crippen molar-refractivity contribution in [3.05, 3.63) is 42.0 Å². The number of hydrogen-bond donors (Lipinski definition) is 1. The number of benzene rings is 1. The molecule has 146 valence electrons. The predicted molar refractivity (Wildman–Crippen MR) is 105 cm³/mol. The molecule has 0 radical (unpaired) electrons. The standard InChI is InChI=1S/C22H30N2O3/c1-2-19(23-21(25)15-17-9-3-4-10-17)18-11-5-6-12-20(18)27-16-22(26)24-13-7-8-14-24/h3,5-6,9,11-12,17,19H,2,4,7-8,10,13-16H2,1H3,(H,23,25)/t17-,19+/m0/s1. The maximum absolute atomic E-state index is 12.4. The van der Waals surface area contributed by atoms with E-state index in [2.05, 4.69) is 17.5 Å². The Morgan fingerprint density at radius 3 is 2.74 bits per heavy atom. The summed E-state index contributed by atoms with van der Waals surface area (Å²) >= 11 is 0. The van der Waals surface area contributed by atoms with Gasteiger partial charge in [0.2, 0.25) is 5.91 Å². The number of allylic oxidation sites excluding steroid dienone is 2. The molecule has 1 fully saturated rings. The molecule has 1 aromatic carbocycles. The predicted octanol–water partition coefficient (Wildman–Crippen LogP) is 3.61. The summed E-state index contributed by atoms with van der Waals surface area (Å²) in [6.07, 6.45) is 9.86. The van der Waals surface area contributed by atoms with Gasteiger partial charge in [-0.1, -0.05) is 37.3 Å². The van der Waals surface area contributed by atoms with Crippen molar-refractivity contribution < 1.29 is 14.3 Å². The molecule has 2 atom stereocenters.